The molecule has 0 spiro atoms. The van der Waals surface area contributed by atoms with Crippen LogP contribution in [0.25, 0.3) is 0 Å². The maximum atomic E-state index is 12.3. The maximum absolute atomic E-state index is 12.3. The van der Waals surface area contributed by atoms with Crippen LogP contribution < -0.4 is 0 Å². The molecule has 0 bridgehead atoms. The smallest absolute Gasteiger partial charge is 0.457 e. The summed E-state index contributed by atoms with van der Waals surface area (Å²) in [5, 5.41) is 19.1. The van der Waals surface area contributed by atoms with Crippen LogP contribution >= 0.6 is 7.82 Å². The summed E-state index contributed by atoms with van der Waals surface area (Å²) in [6, 6.07) is 0. The van der Waals surface area contributed by atoms with E-state index >= 15 is 0 Å². The molecule has 0 aromatic rings. The van der Waals surface area contributed by atoms with Gasteiger partial charge in [0, 0.05) is 12.8 Å². The molecule has 0 aliphatic rings. The van der Waals surface area contributed by atoms with Gasteiger partial charge >= 0.3 is 19.8 Å². The van der Waals surface area contributed by atoms with Gasteiger partial charge in [0.2, 0.25) is 0 Å². The number of rotatable bonds is 39. The van der Waals surface area contributed by atoms with E-state index in [0.29, 0.717) is 12.8 Å². The minimum atomic E-state index is -4.62. The van der Waals surface area contributed by atoms with Crippen LogP contribution in [0.1, 0.15) is 194 Å². The van der Waals surface area contributed by atoms with Gasteiger partial charge < -0.3 is 24.6 Å². The molecule has 302 valence electrons. The fourth-order valence-electron chi connectivity index (χ4n) is 5.76. The number of ether oxygens (including phenoxy) is 2. The largest absolute Gasteiger partial charge is 0.472 e. The van der Waals surface area contributed by atoms with Gasteiger partial charge in [-0.1, -0.05) is 154 Å². The van der Waals surface area contributed by atoms with Gasteiger partial charge in [0.15, 0.2) is 0 Å². The number of hydrogen-bond acceptors (Lipinski definition) is 9. The summed E-state index contributed by atoms with van der Waals surface area (Å²) in [4.78, 5) is 34.3. The zero-order chi connectivity index (χ0) is 37.7. The number of hydrogen-bond donors (Lipinski definition) is 3. The quantitative estimate of drug-likeness (QED) is 0.0240. The van der Waals surface area contributed by atoms with Crippen LogP contribution in [0.3, 0.4) is 0 Å². The van der Waals surface area contributed by atoms with Crippen molar-refractivity contribution in [3.05, 3.63) is 12.2 Å². The van der Waals surface area contributed by atoms with E-state index in [1.54, 1.807) is 0 Å². The third kappa shape index (κ3) is 35.5. The zero-order valence-electron chi connectivity index (χ0n) is 32.6. The van der Waals surface area contributed by atoms with Gasteiger partial charge in [-0.15, -0.1) is 0 Å². The van der Waals surface area contributed by atoms with E-state index in [1.165, 1.54) is 116 Å². The molecule has 0 radical (unpaired) electrons. The Hall–Kier alpha value is -1.29. The fourth-order valence-corrected chi connectivity index (χ4v) is 6.54. The SMILES string of the molecule is CCCCCCCC/C=C\CCCCCCCCCCCC(=O)OC(CO)COP(=O)(O)OCC(CO)OC(=O)CCCCCCCCCCC. The van der Waals surface area contributed by atoms with E-state index in [4.69, 9.17) is 18.5 Å². The Balaban J connectivity index is 3.88. The van der Waals surface area contributed by atoms with Gasteiger partial charge in [-0.25, -0.2) is 4.57 Å². The molecule has 0 amide bonds. The molecule has 0 aromatic heterocycles. The van der Waals surface area contributed by atoms with Crippen molar-refractivity contribution < 1.29 is 47.8 Å². The number of aliphatic hydroxyl groups is 2. The molecule has 0 fully saturated rings. The van der Waals surface area contributed by atoms with E-state index in [9.17, 15) is 29.3 Å². The normalized spacial score (nSPS) is 14.1. The first-order valence-corrected chi connectivity index (χ1v) is 22.1. The van der Waals surface area contributed by atoms with Crippen molar-refractivity contribution in [1.82, 2.24) is 0 Å². The van der Waals surface area contributed by atoms with Crippen molar-refractivity contribution >= 4 is 19.8 Å². The molecule has 0 saturated carbocycles. The number of esters is 2. The van der Waals surface area contributed by atoms with Crippen molar-refractivity contribution in [3.63, 3.8) is 0 Å². The molecule has 0 aromatic carbocycles. The summed E-state index contributed by atoms with van der Waals surface area (Å²) in [5.41, 5.74) is 0. The lowest BCUT2D eigenvalue weighted by Gasteiger charge is -2.20. The van der Waals surface area contributed by atoms with Crippen molar-refractivity contribution in [3.8, 4) is 0 Å². The second-order valence-electron chi connectivity index (χ2n) is 14.0. The number of aliphatic hydroxyl groups excluding tert-OH is 2. The molecule has 0 aliphatic carbocycles. The predicted octanol–water partition coefficient (Wildman–Crippen LogP) is 10.4. The fraction of sp³-hybridized carbons (Fsp3) is 0.900. The van der Waals surface area contributed by atoms with E-state index in [0.717, 1.165) is 38.5 Å². The highest BCUT2D eigenvalue weighted by Gasteiger charge is 2.27. The van der Waals surface area contributed by atoms with Gasteiger partial charge in [-0.3, -0.25) is 18.6 Å². The zero-order valence-corrected chi connectivity index (χ0v) is 33.5. The lowest BCUT2D eigenvalue weighted by molar-refractivity contribution is -0.153. The average Bonchev–Trinajstić information content (AvgIpc) is 3.12. The number of phosphoric ester groups is 1. The molecule has 0 heterocycles. The van der Waals surface area contributed by atoms with Gasteiger partial charge in [0.1, 0.15) is 12.2 Å². The van der Waals surface area contributed by atoms with Crippen molar-refractivity contribution in [1.29, 1.82) is 0 Å². The summed E-state index contributed by atoms with van der Waals surface area (Å²) in [7, 11) is -4.62. The first-order valence-electron chi connectivity index (χ1n) is 20.6. The van der Waals surface area contributed by atoms with Gasteiger partial charge in [-0.2, -0.15) is 0 Å². The van der Waals surface area contributed by atoms with Crippen LogP contribution in [-0.4, -0.2) is 65.7 Å². The predicted molar refractivity (Wildman–Crippen MR) is 205 cm³/mol. The van der Waals surface area contributed by atoms with Crippen molar-refractivity contribution in [2.45, 2.75) is 206 Å². The number of allylic oxidation sites excluding steroid dienone is 2. The van der Waals surface area contributed by atoms with E-state index < -0.39 is 58.4 Å². The summed E-state index contributed by atoms with van der Waals surface area (Å²) < 4.78 is 32.4. The molecule has 10 nitrogen and oxygen atoms in total. The number of phosphoric acid groups is 1. The molecule has 3 N–H and O–H groups in total. The Morgan fingerprint density at radius 3 is 1.12 bits per heavy atom. The summed E-state index contributed by atoms with van der Waals surface area (Å²) in [6.45, 7) is 2.18. The van der Waals surface area contributed by atoms with Crippen LogP contribution in [-0.2, 0) is 32.7 Å². The highest BCUT2D eigenvalue weighted by Crippen LogP contribution is 2.43. The molecule has 11 heteroatoms. The summed E-state index contributed by atoms with van der Waals surface area (Å²) in [5.74, 6) is -1.02. The Morgan fingerprint density at radius 1 is 0.510 bits per heavy atom. The highest BCUT2D eigenvalue weighted by atomic mass is 31.2. The molecule has 3 unspecified atom stereocenters. The molecular formula is C40H77O10P. The third-order valence-electron chi connectivity index (χ3n) is 8.98. The number of carbonyl (C=O) groups excluding carboxylic acids is 2. The Bertz CT molecular complexity index is 868. The Kier molecular flexibility index (Phi) is 36.1. The maximum Gasteiger partial charge on any atom is 0.472 e. The standard InChI is InChI=1S/C40H77O10P/c1-3-5-7-9-11-13-14-15-16-17-18-19-20-21-22-24-26-28-30-32-40(44)50-38(34-42)36-48-51(45,46)47-35-37(33-41)49-39(43)31-29-27-25-23-12-10-8-6-4-2/h15-16,37-38,41-42H,3-14,17-36H2,1-2H3,(H,45,46)/b16-15-. The second-order valence-corrected chi connectivity index (χ2v) is 15.4. The van der Waals surface area contributed by atoms with Gasteiger partial charge in [0.25, 0.3) is 0 Å². The molecule has 0 aliphatic heterocycles. The first-order chi connectivity index (χ1) is 24.8. The Labute approximate surface area is 311 Å². The first kappa shape index (κ1) is 49.7. The van der Waals surface area contributed by atoms with Crippen LogP contribution in [0.5, 0.6) is 0 Å². The molecule has 0 rings (SSSR count). The topological polar surface area (TPSA) is 149 Å². The number of carbonyl (C=O) groups is 2. The molecule has 51 heavy (non-hydrogen) atoms. The van der Waals surface area contributed by atoms with Crippen LogP contribution in [0.2, 0.25) is 0 Å². The van der Waals surface area contributed by atoms with Crippen LogP contribution in [0.4, 0.5) is 0 Å². The van der Waals surface area contributed by atoms with E-state index in [-0.39, 0.29) is 12.8 Å². The monoisotopic (exact) mass is 749 g/mol. The lowest BCUT2D eigenvalue weighted by Crippen LogP contribution is -2.28. The minimum absolute atomic E-state index is 0.193. The van der Waals surface area contributed by atoms with Crippen molar-refractivity contribution in [2.75, 3.05) is 26.4 Å². The molecular weight excluding hydrogens is 671 g/mol. The summed E-state index contributed by atoms with van der Waals surface area (Å²) in [6.07, 6.45) is 33.4. The van der Waals surface area contributed by atoms with Crippen molar-refractivity contribution in [2.24, 2.45) is 0 Å². The summed E-state index contributed by atoms with van der Waals surface area (Å²) >= 11 is 0. The van der Waals surface area contributed by atoms with E-state index in [1.807, 2.05) is 0 Å². The van der Waals surface area contributed by atoms with Crippen LogP contribution in [0, 0.1) is 0 Å². The molecule has 3 atom stereocenters. The Morgan fingerprint density at radius 2 is 0.804 bits per heavy atom. The van der Waals surface area contributed by atoms with Crippen LogP contribution in [0.15, 0.2) is 12.2 Å². The van der Waals surface area contributed by atoms with E-state index in [2.05, 4.69) is 26.0 Å². The lowest BCUT2D eigenvalue weighted by atomic mass is 10.1. The van der Waals surface area contributed by atoms with Gasteiger partial charge in [0.05, 0.1) is 26.4 Å². The third-order valence-corrected chi connectivity index (χ3v) is 9.93. The minimum Gasteiger partial charge on any atom is -0.457 e. The second kappa shape index (κ2) is 37.0. The van der Waals surface area contributed by atoms with Gasteiger partial charge in [-0.05, 0) is 38.5 Å². The molecule has 0 saturated heterocycles. The number of unbranched alkanes of at least 4 members (excludes halogenated alkanes) is 23. The average molecular weight is 749 g/mol. The highest BCUT2D eigenvalue weighted by molar-refractivity contribution is 7.47.